The van der Waals surface area contributed by atoms with E-state index in [0.29, 0.717) is 38.1 Å². The van der Waals surface area contributed by atoms with Gasteiger partial charge in [-0.25, -0.2) is 9.18 Å². The van der Waals surface area contributed by atoms with Crippen LogP contribution in [0.5, 0.6) is 0 Å². The second kappa shape index (κ2) is 10.9. The molecule has 2 aliphatic rings. The molecule has 1 amide bonds. The lowest BCUT2D eigenvalue weighted by atomic mass is 9.69. The molecule has 1 saturated heterocycles. The maximum atomic E-state index is 13.8. The molecule has 2 fully saturated rings. The van der Waals surface area contributed by atoms with E-state index in [1.54, 1.807) is 37.8 Å². The third-order valence-electron chi connectivity index (χ3n) is 7.54. The predicted octanol–water partition coefficient (Wildman–Crippen LogP) is 8.37. The number of halogens is 7. The fourth-order valence-electron chi connectivity index (χ4n) is 5.77. The molecule has 1 heterocycles. The highest BCUT2D eigenvalue weighted by molar-refractivity contribution is 5.68. The zero-order valence-corrected chi connectivity index (χ0v) is 22.6. The van der Waals surface area contributed by atoms with Crippen LogP contribution in [-0.4, -0.2) is 35.8 Å². The Morgan fingerprint density at radius 2 is 1.48 bits per heavy atom. The summed E-state index contributed by atoms with van der Waals surface area (Å²) in [5, 5.41) is 0. The molecule has 0 N–H and O–H groups in total. The highest BCUT2D eigenvalue weighted by atomic mass is 19.4. The predicted molar refractivity (Wildman–Crippen MR) is 133 cm³/mol. The van der Waals surface area contributed by atoms with Gasteiger partial charge in [-0.1, -0.05) is 12.1 Å². The van der Waals surface area contributed by atoms with Gasteiger partial charge in [0, 0.05) is 19.0 Å². The quantitative estimate of drug-likeness (QED) is 0.344. The zero-order valence-electron chi connectivity index (χ0n) is 22.6. The van der Waals surface area contributed by atoms with Crippen molar-refractivity contribution < 1.29 is 45.0 Å². The third kappa shape index (κ3) is 6.90. The van der Waals surface area contributed by atoms with Crippen LogP contribution in [0.25, 0.3) is 0 Å². The summed E-state index contributed by atoms with van der Waals surface area (Å²) in [7, 11) is 0. The van der Waals surface area contributed by atoms with Crippen LogP contribution in [0.3, 0.4) is 0 Å². The van der Waals surface area contributed by atoms with E-state index in [1.807, 2.05) is 0 Å². The molecule has 0 unspecified atom stereocenters. The lowest BCUT2D eigenvalue weighted by molar-refractivity contribution is -0.143. The van der Waals surface area contributed by atoms with E-state index in [-0.39, 0.29) is 29.4 Å². The second-order valence-electron chi connectivity index (χ2n) is 11.6. The number of carbonyl (C=O) groups excluding carboxylic acids is 1. The lowest BCUT2D eigenvalue weighted by Gasteiger charge is -2.41. The normalized spacial score (nSPS) is 24.5. The molecule has 0 aromatic heterocycles. The number of likely N-dealkylation sites (tertiary alicyclic amines) is 1. The van der Waals surface area contributed by atoms with Crippen LogP contribution in [0.1, 0.15) is 74.8 Å². The molecule has 1 saturated carbocycles. The average molecular weight is 576 g/mol. The number of rotatable bonds is 4. The van der Waals surface area contributed by atoms with Crippen molar-refractivity contribution >= 4 is 6.09 Å². The highest BCUT2D eigenvalue weighted by Gasteiger charge is 2.48. The number of nitrogens with zero attached hydrogens (tertiary/aromatic N) is 1. The molecule has 40 heavy (non-hydrogen) atoms. The molecule has 1 aliphatic heterocycles. The number of carbonyl (C=O) groups is 1. The Hall–Kier alpha value is -2.82. The minimum atomic E-state index is -4.97. The van der Waals surface area contributed by atoms with E-state index >= 15 is 0 Å². The van der Waals surface area contributed by atoms with Crippen molar-refractivity contribution in [1.29, 1.82) is 0 Å². The van der Waals surface area contributed by atoms with Crippen molar-refractivity contribution in [2.45, 2.75) is 76.6 Å². The van der Waals surface area contributed by atoms with Crippen molar-refractivity contribution in [3.8, 4) is 0 Å². The first-order chi connectivity index (χ1) is 18.4. The molecule has 4 rings (SSSR count). The molecule has 0 radical (unpaired) electrons. The molecule has 5 atom stereocenters. The molecule has 0 bridgehead atoms. The summed E-state index contributed by atoms with van der Waals surface area (Å²) in [6, 6.07) is 7.24. The Morgan fingerprint density at radius 1 is 0.900 bits per heavy atom. The van der Waals surface area contributed by atoms with E-state index in [0.717, 1.165) is 5.56 Å². The number of hydrogen-bond donors (Lipinski definition) is 0. The maximum absolute atomic E-state index is 13.8. The van der Waals surface area contributed by atoms with Gasteiger partial charge in [0.15, 0.2) is 0 Å². The maximum Gasteiger partial charge on any atom is 0.416 e. The molecule has 1 aliphatic carbocycles. The largest absolute Gasteiger partial charge is 0.444 e. The average Bonchev–Trinajstić information content (AvgIpc) is 3.27. The molecular formula is C29H32F7NO3. The van der Waals surface area contributed by atoms with Crippen molar-refractivity contribution in [1.82, 2.24) is 4.90 Å². The van der Waals surface area contributed by atoms with E-state index < -0.39 is 53.2 Å². The summed E-state index contributed by atoms with van der Waals surface area (Å²) in [6.07, 6.45) is -11.0. The van der Waals surface area contributed by atoms with E-state index in [2.05, 4.69) is 0 Å². The fourth-order valence-corrected chi connectivity index (χ4v) is 5.77. The number of fused-ring (bicyclic) bond motifs is 1. The van der Waals surface area contributed by atoms with E-state index in [9.17, 15) is 35.5 Å². The van der Waals surface area contributed by atoms with Crippen molar-refractivity contribution in [3.05, 3.63) is 70.5 Å². The Balaban J connectivity index is 1.64. The second-order valence-corrected chi connectivity index (χ2v) is 11.6. The van der Waals surface area contributed by atoms with Gasteiger partial charge in [0.25, 0.3) is 0 Å². The number of amides is 1. The first-order valence-electron chi connectivity index (χ1n) is 13.1. The van der Waals surface area contributed by atoms with Gasteiger partial charge in [0.2, 0.25) is 0 Å². The monoisotopic (exact) mass is 575 g/mol. The van der Waals surface area contributed by atoms with E-state index in [4.69, 9.17) is 9.47 Å². The van der Waals surface area contributed by atoms with Gasteiger partial charge in [-0.3, -0.25) is 0 Å². The molecule has 0 spiro atoms. The van der Waals surface area contributed by atoms with Gasteiger partial charge in [-0.15, -0.1) is 0 Å². The van der Waals surface area contributed by atoms with Gasteiger partial charge < -0.3 is 14.4 Å². The molecular weight excluding hydrogens is 543 g/mol. The van der Waals surface area contributed by atoms with Gasteiger partial charge in [0.1, 0.15) is 11.4 Å². The van der Waals surface area contributed by atoms with Crippen molar-refractivity contribution in [2.75, 3.05) is 13.1 Å². The van der Waals surface area contributed by atoms with Gasteiger partial charge in [-0.05, 0) is 93.8 Å². The van der Waals surface area contributed by atoms with Crippen LogP contribution in [0.2, 0.25) is 0 Å². The number of hydrogen-bond acceptors (Lipinski definition) is 3. The van der Waals surface area contributed by atoms with Crippen LogP contribution in [-0.2, 0) is 21.8 Å². The van der Waals surface area contributed by atoms with E-state index in [1.165, 1.54) is 19.1 Å². The minimum Gasteiger partial charge on any atom is -0.444 e. The van der Waals surface area contributed by atoms with Crippen LogP contribution < -0.4 is 0 Å². The fraction of sp³-hybridized carbons (Fsp3) is 0.552. The Labute approximate surface area is 228 Å². The first kappa shape index (κ1) is 30.1. The summed E-state index contributed by atoms with van der Waals surface area (Å²) in [6.45, 7) is 7.49. The first-order valence-corrected chi connectivity index (χ1v) is 13.1. The molecule has 4 nitrogen and oxygen atoms in total. The van der Waals surface area contributed by atoms with Gasteiger partial charge in [0.05, 0.1) is 23.3 Å². The molecule has 220 valence electrons. The Bertz CT molecular complexity index is 1170. The number of alkyl halides is 6. The van der Waals surface area contributed by atoms with Crippen LogP contribution in [0.15, 0.2) is 42.5 Å². The molecule has 2 aromatic carbocycles. The summed E-state index contributed by atoms with van der Waals surface area (Å²) >= 11 is 0. The van der Waals surface area contributed by atoms with Crippen LogP contribution in [0.4, 0.5) is 35.5 Å². The number of benzene rings is 2. The molecule has 11 heteroatoms. The topological polar surface area (TPSA) is 38.8 Å². The van der Waals surface area contributed by atoms with Crippen LogP contribution in [0, 0.1) is 17.7 Å². The highest BCUT2D eigenvalue weighted by Crippen LogP contribution is 2.48. The standard InChI is InChI=1S/C29H32F7NO3/c1-16(19-11-20(28(31,32)33)13-21(12-19)29(34,35)36)39-24-10-7-18-14-37(26(38)40-27(2,3)4)15-23(18)25(24)17-5-8-22(30)9-6-17/h5-6,8-9,11-13,16,18,23-25H,7,10,14-15H2,1-4H3/t16-,18-,23+,24-,25-/m0/s1. The van der Waals surface area contributed by atoms with Gasteiger partial charge >= 0.3 is 18.4 Å². The third-order valence-corrected chi connectivity index (χ3v) is 7.54. The Morgan fingerprint density at radius 3 is 2.00 bits per heavy atom. The Kier molecular flexibility index (Phi) is 8.19. The lowest BCUT2D eigenvalue weighted by Crippen LogP contribution is -2.38. The summed E-state index contributed by atoms with van der Waals surface area (Å²) in [4.78, 5) is 14.4. The van der Waals surface area contributed by atoms with Crippen molar-refractivity contribution in [2.24, 2.45) is 11.8 Å². The summed E-state index contributed by atoms with van der Waals surface area (Å²) in [5.41, 5.74) is -3.03. The SMILES string of the molecule is C[C@H](O[C@H]1CC[C@H]2CN(C(=O)OC(C)(C)C)C[C@H]2[C@@H]1c1ccc(F)cc1)c1cc(C(F)(F)F)cc(C(F)(F)F)c1. The number of ether oxygens (including phenoxy) is 2. The minimum absolute atomic E-state index is 0.0723. The molecule has 2 aromatic rings. The summed E-state index contributed by atoms with van der Waals surface area (Å²) in [5.74, 6) is -0.881. The van der Waals surface area contributed by atoms with Gasteiger partial charge in [-0.2, -0.15) is 26.3 Å². The van der Waals surface area contributed by atoms with Crippen LogP contribution >= 0.6 is 0 Å². The smallest absolute Gasteiger partial charge is 0.416 e. The zero-order chi connectivity index (χ0) is 29.6. The van der Waals surface area contributed by atoms with Crippen molar-refractivity contribution in [3.63, 3.8) is 0 Å². The summed E-state index contributed by atoms with van der Waals surface area (Å²) < 4.78 is 106.